The maximum atomic E-state index is 13.2. The second-order valence-electron chi connectivity index (χ2n) is 7.07. The molecule has 0 saturated carbocycles. The third kappa shape index (κ3) is 3.65. The van der Waals surface area contributed by atoms with Gasteiger partial charge in [0.05, 0.1) is 17.9 Å². The summed E-state index contributed by atoms with van der Waals surface area (Å²) >= 11 is 3.31. The number of urea groups is 1. The van der Waals surface area contributed by atoms with Crippen LogP contribution in [-0.2, 0) is 17.6 Å². The molecule has 2 aliphatic rings. The van der Waals surface area contributed by atoms with Gasteiger partial charge in [0, 0.05) is 21.6 Å². The standard InChI is InChI=1S/C21H24N2O3S2/c1-3-26-20(24)18-14-8-4-6-10-16(14)28-19(18)22-21(25)23-12-13(2)27-17-11-7-5-9-15(17)23/h5,7,9,11,13H,3-4,6,8,10,12H2,1-2H3,(H,22,25). The molecule has 2 heterocycles. The number of fused-ring (bicyclic) bond motifs is 2. The SMILES string of the molecule is CCOC(=O)c1c(NC(=O)N2CC(C)Sc3ccccc32)sc2c1CCCC2. The van der Waals surface area contributed by atoms with Gasteiger partial charge in [-0.3, -0.25) is 10.2 Å². The summed E-state index contributed by atoms with van der Waals surface area (Å²) in [7, 11) is 0. The summed E-state index contributed by atoms with van der Waals surface area (Å²) in [5.74, 6) is -0.333. The second kappa shape index (κ2) is 8.17. The average molecular weight is 417 g/mol. The molecular weight excluding hydrogens is 392 g/mol. The van der Waals surface area contributed by atoms with Crippen LogP contribution in [0.4, 0.5) is 15.5 Å². The van der Waals surface area contributed by atoms with E-state index in [1.54, 1.807) is 23.6 Å². The van der Waals surface area contributed by atoms with Crippen LogP contribution in [0.25, 0.3) is 0 Å². The van der Waals surface area contributed by atoms with Gasteiger partial charge in [-0.2, -0.15) is 0 Å². The third-order valence-corrected chi connectivity index (χ3v) is 7.40. The second-order valence-corrected chi connectivity index (χ2v) is 9.66. The number of amides is 2. The number of para-hydroxylation sites is 1. The lowest BCUT2D eigenvalue weighted by molar-refractivity contribution is 0.0526. The zero-order valence-electron chi connectivity index (χ0n) is 16.1. The van der Waals surface area contributed by atoms with Gasteiger partial charge in [-0.25, -0.2) is 9.59 Å². The fourth-order valence-corrected chi connectivity index (χ4v) is 6.20. The molecule has 0 bridgehead atoms. The summed E-state index contributed by atoms with van der Waals surface area (Å²) in [4.78, 5) is 29.9. The number of anilines is 2. The molecule has 1 aromatic carbocycles. The normalized spacial score (nSPS) is 18.2. The summed E-state index contributed by atoms with van der Waals surface area (Å²) < 4.78 is 5.29. The van der Waals surface area contributed by atoms with E-state index < -0.39 is 0 Å². The quantitative estimate of drug-likeness (QED) is 0.687. The Morgan fingerprint density at radius 1 is 1.25 bits per heavy atom. The summed E-state index contributed by atoms with van der Waals surface area (Å²) in [5.41, 5.74) is 2.54. The smallest absolute Gasteiger partial charge is 0.341 e. The summed E-state index contributed by atoms with van der Waals surface area (Å²) in [6, 6.07) is 7.77. The molecule has 1 unspecified atom stereocenters. The van der Waals surface area contributed by atoms with Crippen molar-refractivity contribution in [1.29, 1.82) is 0 Å². The van der Waals surface area contributed by atoms with E-state index in [2.05, 4.69) is 12.2 Å². The number of thiophene rings is 1. The minimum absolute atomic E-state index is 0.191. The van der Waals surface area contributed by atoms with Crippen molar-refractivity contribution in [3.8, 4) is 0 Å². The Morgan fingerprint density at radius 2 is 2.04 bits per heavy atom. The highest BCUT2D eigenvalue weighted by Gasteiger charge is 2.31. The highest BCUT2D eigenvalue weighted by molar-refractivity contribution is 8.00. The van der Waals surface area contributed by atoms with Crippen molar-refractivity contribution < 1.29 is 14.3 Å². The number of aryl methyl sites for hydroxylation is 1. The fraction of sp³-hybridized carbons (Fsp3) is 0.429. The first kappa shape index (κ1) is 19.3. The van der Waals surface area contributed by atoms with Crippen molar-refractivity contribution in [2.45, 2.75) is 49.7 Å². The van der Waals surface area contributed by atoms with Crippen LogP contribution in [0, 0.1) is 0 Å². The Kier molecular flexibility index (Phi) is 5.64. The van der Waals surface area contributed by atoms with E-state index in [1.807, 2.05) is 24.3 Å². The zero-order chi connectivity index (χ0) is 19.7. The van der Waals surface area contributed by atoms with Crippen molar-refractivity contribution in [3.05, 3.63) is 40.3 Å². The van der Waals surface area contributed by atoms with Crippen LogP contribution < -0.4 is 10.2 Å². The molecule has 4 rings (SSSR count). The number of ether oxygens (including phenoxy) is 1. The highest BCUT2D eigenvalue weighted by atomic mass is 32.2. The summed E-state index contributed by atoms with van der Waals surface area (Å²) in [5, 5.41) is 3.96. The van der Waals surface area contributed by atoms with Crippen LogP contribution in [0.15, 0.2) is 29.2 Å². The lowest BCUT2D eigenvalue weighted by atomic mass is 9.95. The third-order valence-electron chi connectivity index (χ3n) is 5.04. The Balaban J connectivity index is 1.65. The largest absolute Gasteiger partial charge is 0.462 e. The zero-order valence-corrected chi connectivity index (χ0v) is 17.8. The van der Waals surface area contributed by atoms with E-state index in [0.29, 0.717) is 29.0 Å². The fourth-order valence-electron chi connectivity index (χ4n) is 3.82. The van der Waals surface area contributed by atoms with Crippen LogP contribution in [0.1, 0.15) is 47.5 Å². The van der Waals surface area contributed by atoms with E-state index in [1.165, 1.54) is 16.2 Å². The molecule has 1 aromatic heterocycles. The number of nitrogens with zero attached hydrogens (tertiary/aromatic N) is 1. The number of hydrogen-bond acceptors (Lipinski definition) is 5. The number of esters is 1. The number of carbonyl (C=O) groups excluding carboxylic acids is 2. The topological polar surface area (TPSA) is 58.6 Å². The minimum Gasteiger partial charge on any atom is -0.462 e. The minimum atomic E-state index is -0.333. The molecule has 0 fully saturated rings. The van der Waals surface area contributed by atoms with Crippen LogP contribution >= 0.6 is 23.1 Å². The maximum absolute atomic E-state index is 13.2. The van der Waals surface area contributed by atoms with Gasteiger partial charge >= 0.3 is 12.0 Å². The van der Waals surface area contributed by atoms with Gasteiger partial charge in [-0.1, -0.05) is 19.1 Å². The first-order valence-corrected chi connectivity index (χ1v) is 11.4. The molecule has 2 aromatic rings. The number of benzene rings is 1. The molecule has 1 aliphatic heterocycles. The maximum Gasteiger partial charge on any atom is 0.341 e. The molecule has 7 heteroatoms. The van der Waals surface area contributed by atoms with Crippen LogP contribution in [0.5, 0.6) is 0 Å². The first-order chi connectivity index (χ1) is 13.6. The van der Waals surface area contributed by atoms with Crippen LogP contribution in [0.2, 0.25) is 0 Å². The Labute approximate surface area is 173 Å². The Morgan fingerprint density at radius 3 is 2.86 bits per heavy atom. The summed E-state index contributed by atoms with van der Waals surface area (Å²) in [6.45, 7) is 4.88. The molecule has 0 saturated heterocycles. The molecule has 0 radical (unpaired) electrons. The number of hydrogen-bond donors (Lipinski definition) is 1. The molecule has 2 amide bonds. The number of carbonyl (C=O) groups is 2. The van der Waals surface area contributed by atoms with E-state index in [4.69, 9.17) is 4.74 Å². The molecule has 1 N–H and O–H groups in total. The van der Waals surface area contributed by atoms with Crippen molar-refractivity contribution in [2.24, 2.45) is 0 Å². The van der Waals surface area contributed by atoms with E-state index in [0.717, 1.165) is 41.8 Å². The molecule has 0 spiro atoms. The number of thioether (sulfide) groups is 1. The molecule has 5 nitrogen and oxygen atoms in total. The van der Waals surface area contributed by atoms with Crippen LogP contribution in [0.3, 0.4) is 0 Å². The predicted octanol–water partition coefficient (Wildman–Crippen LogP) is 5.34. The van der Waals surface area contributed by atoms with Gasteiger partial charge in [0.25, 0.3) is 0 Å². The van der Waals surface area contributed by atoms with Crippen LogP contribution in [-0.4, -0.2) is 30.4 Å². The highest BCUT2D eigenvalue weighted by Crippen LogP contribution is 2.41. The van der Waals surface area contributed by atoms with E-state index >= 15 is 0 Å². The van der Waals surface area contributed by atoms with Gasteiger partial charge in [-0.15, -0.1) is 23.1 Å². The molecule has 28 heavy (non-hydrogen) atoms. The molecule has 1 aliphatic carbocycles. The average Bonchev–Trinajstić information content (AvgIpc) is 3.05. The lowest BCUT2D eigenvalue weighted by Crippen LogP contribution is -2.41. The number of rotatable bonds is 3. The van der Waals surface area contributed by atoms with Crippen molar-refractivity contribution >= 4 is 45.8 Å². The summed E-state index contributed by atoms with van der Waals surface area (Å²) in [6.07, 6.45) is 4.02. The van der Waals surface area contributed by atoms with Gasteiger partial charge in [0.15, 0.2) is 0 Å². The Hall–Kier alpha value is -1.99. The van der Waals surface area contributed by atoms with Gasteiger partial charge in [-0.05, 0) is 50.3 Å². The lowest BCUT2D eigenvalue weighted by Gasteiger charge is -2.32. The first-order valence-electron chi connectivity index (χ1n) is 9.74. The molecule has 148 valence electrons. The van der Waals surface area contributed by atoms with Crippen molar-refractivity contribution in [2.75, 3.05) is 23.4 Å². The Bertz CT molecular complexity index is 909. The van der Waals surface area contributed by atoms with E-state index in [-0.39, 0.29) is 12.0 Å². The van der Waals surface area contributed by atoms with Gasteiger partial charge in [0.1, 0.15) is 5.00 Å². The predicted molar refractivity (Wildman–Crippen MR) is 115 cm³/mol. The molecular formula is C21H24N2O3S2. The number of nitrogens with one attached hydrogen (secondary N) is 1. The van der Waals surface area contributed by atoms with Crippen molar-refractivity contribution in [3.63, 3.8) is 0 Å². The van der Waals surface area contributed by atoms with E-state index in [9.17, 15) is 9.59 Å². The molecule has 1 atom stereocenters. The monoisotopic (exact) mass is 416 g/mol. The van der Waals surface area contributed by atoms with Gasteiger partial charge < -0.3 is 4.74 Å². The van der Waals surface area contributed by atoms with Crippen molar-refractivity contribution in [1.82, 2.24) is 0 Å². The van der Waals surface area contributed by atoms with Gasteiger partial charge in [0.2, 0.25) is 0 Å².